The maximum Gasteiger partial charge on any atom is 0.256 e. The number of benzene rings is 2. The minimum absolute atomic E-state index is 0.00920. The fourth-order valence-corrected chi connectivity index (χ4v) is 7.54. The summed E-state index contributed by atoms with van der Waals surface area (Å²) in [5.41, 5.74) is 1.37. The van der Waals surface area contributed by atoms with E-state index in [-0.39, 0.29) is 23.1 Å². The smallest absolute Gasteiger partial charge is 0.256 e. The monoisotopic (exact) mass is 489 g/mol. The standard InChI is InChI=1S/C28H31N3O3S/c1-2-34-24-8-7-18(16-29)12-23(24)30-27(33)22-5-3-4-6-25(22)35-17-26(32)31-28-13-19-9-20(14-28)11-21(10-19)15-28/h3-8,12,19-21H,2,9-11,13-15,17H2,1H3,(H,30,33)(H,31,32). The van der Waals surface area contributed by atoms with E-state index in [0.717, 1.165) is 41.9 Å². The van der Waals surface area contributed by atoms with Crippen molar-refractivity contribution in [3.63, 3.8) is 0 Å². The van der Waals surface area contributed by atoms with E-state index in [1.807, 2.05) is 25.1 Å². The van der Waals surface area contributed by atoms with Crippen molar-refractivity contribution in [1.29, 1.82) is 5.26 Å². The number of nitriles is 1. The van der Waals surface area contributed by atoms with Crippen LogP contribution in [0.2, 0.25) is 0 Å². The van der Waals surface area contributed by atoms with Crippen molar-refractivity contribution in [1.82, 2.24) is 5.32 Å². The summed E-state index contributed by atoms with van der Waals surface area (Å²) in [6, 6.07) is 14.4. The van der Waals surface area contributed by atoms with Crippen LogP contribution < -0.4 is 15.4 Å². The fourth-order valence-electron chi connectivity index (χ4n) is 6.69. The van der Waals surface area contributed by atoms with Crippen LogP contribution >= 0.6 is 11.8 Å². The number of nitrogens with zero attached hydrogens (tertiary/aromatic N) is 1. The minimum Gasteiger partial charge on any atom is -0.492 e. The summed E-state index contributed by atoms with van der Waals surface area (Å²) in [5.74, 6) is 2.87. The third-order valence-electron chi connectivity index (χ3n) is 7.59. The van der Waals surface area contributed by atoms with Crippen molar-refractivity contribution in [2.24, 2.45) is 17.8 Å². The number of thioether (sulfide) groups is 1. The molecule has 2 aromatic rings. The van der Waals surface area contributed by atoms with E-state index in [1.165, 1.54) is 31.0 Å². The molecule has 4 bridgehead atoms. The molecule has 0 unspecified atom stereocenters. The van der Waals surface area contributed by atoms with E-state index in [4.69, 9.17) is 4.74 Å². The highest BCUT2D eigenvalue weighted by Gasteiger charge is 2.51. The third-order valence-corrected chi connectivity index (χ3v) is 8.66. The Bertz CT molecular complexity index is 1140. The summed E-state index contributed by atoms with van der Waals surface area (Å²) in [7, 11) is 0. The number of rotatable bonds is 8. The largest absolute Gasteiger partial charge is 0.492 e. The van der Waals surface area contributed by atoms with Crippen LogP contribution in [0.25, 0.3) is 0 Å². The van der Waals surface area contributed by atoms with Crippen molar-refractivity contribution in [2.45, 2.75) is 55.9 Å². The number of carbonyl (C=O) groups is 2. The molecule has 0 radical (unpaired) electrons. The van der Waals surface area contributed by atoms with Gasteiger partial charge in [-0.3, -0.25) is 9.59 Å². The molecule has 35 heavy (non-hydrogen) atoms. The van der Waals surface area contributed by atoms with Gasteiger partial charge in [0.05, 0.1) is 35.2 Å². The van der Waals surface area contributed by atoms with Crippen molar-refractivity contribution in [2.75, 3.05) is 17.7 Å². The summed E-state index contributed by atoms with van der Waals surface area (Å²) in [6.07, 6.45) is 7.40. The van der Waals surface area contributed by atoms with Gasteiger partial charge in [-0.05, 0) is 93.5 Å². The van der Waals surface area contributed by atoms with E-state index in [9.17, 15) is 14.9 Å². The molecule has 2 aromatic carbocycles. The van der Waals surface area contributed by atoms with Crippen LogP contribution in [0.5, 0.6) is 5.75 Å². The summed E-state index contributed by atoms with van der Waals surface area (Å²) >= 11 is 1.39. The van der Waals surface area contributed by atoms with Gasteiger partial charge in [-0.2, -0.15) is 5.26 Å². The second-order valence-corrected chi connectivity index (χ2v) is 11.3. The minimum atomic E-state index is -0.300. The zero-order chi connectivity index (χ0) is 24.4. The van der Waals surface area contributed by atoms with Crippen LogP contribution in [0.3, 0.4) is 0 Å². The highest BCUT2D eigenvalue weighted by atomic mass is 32.2. The van der Waals surface area contributed by atoms with Gasteiger partial charge in [-0.15, -0.1) is 11.8 Å². The molecule has 0 aromatic heterocycles. The highest BCUT2D eigenvalue weighted by molar-refractivity contribution is 8.00. The molecule has 0 saturated heterocycles. The first-order chi connectivity index (χ1) is 17.0. The maximum absolute atomic E-state index is 13.2. The average molecular weight is 490 g/mol. The number of anilines is 1. The number of ether oxygens (including phenoxy) is 1. The molecule has 0 atom stereocenters. The van der Waals surface area contributed by atoms with E-state index in [1.54, 1.807) is 24.3 Å². The topological polar surface area (TPSA) is 91.2 Å². The van der Waals surface area contributed by atoms with E-state index < -0.39 is 0 Å². The van der Waals surface area contributed by atoms with Gasteiger partial charge in [-0.1, -0.05) is 12.1 Å². The van der Waals surface area contributed by atoms with Crippen molar-refractivity contribution in [3.8, 4) is 11.8 Å². The molecular weight excluding hydrogens is 458 g/mol. The number of hydrogen-bond donors (Lipinski definition) is 2. The van der Waals surface area contributed by atoms with Crippen molar-refractivity contribution in [3.05, 3.63) is 53.6 Å². The van der Waals surface area contributed by atoms with Crippen molar-refractivity contribution < 1.29 is 14.3 Å². The van der Waals surface area contributed by atoms with Crippen LogP contribution in [0.4, 0.5) is 5.69 Å². The Hall–Kier alpha value is -2.98. The zero-order valence-corrected chi connectivity index (χ0v) is 20.8. The molecule has 4 aliphatic rings. The normalized spacial score (nSPS) is 26.1. The Morgan fingerprint density at radius 2 is 1.77 bits per heavy atom. The summed E-state index contributed by atoms with van der Waals surface area (Å²) in [5, 5.41) is 15.5. The van der Waals surface area contributed by atoms with Crippen LogP contribution in [0, 0.1) is 29.1 Å². The third kappa shape index (κ3) is 5.18. The SMILES string of the molecule is CCOc1ccc(C#N)cc1NC(=O)c1ccccc1SCC(=O)NC12CC3CC(CC(C3)C1)C2. The molecule has 0 aliphatic heterocycles. The second-order valence-electron chi connectivity index (χ2n) is 10.2. The molecule has 2 amide bonds. The maximum atomic E-state index is 13.2. The summed E-state index contributed by atoms with van der Waals surface area (Å²) in [4.78, 5) is 26.9. The van der Waals surface area contributed by atoms with Gasteiger partial charge in [0.15, 0.2) is 0 Å². The fraction of sp³-hybridized carbons (Fsp3) is 0.464. The predicted octanol–water partition coefficient (Wildman–Crippen LogP) is 5.39. The first-order valence-electron chi connectivity index (χ1n) is 12.5. The van der Waals surface area contributed by atoms with Gasteiger partial charge in [0.25, 0.3) is 5.91 Å². The lowest BCUT2D eigenvalue weighted by atomic mass is 9.53. The lowest BCUT2D eigenvalue weighted by Gasteiger charge is -2.56. The van der Waals surface area contributed by atoms with Gasteiger partial charge >= 0.3 is 0 Å². The molecule has 6 nitrogen and oxygen atoms in total. The zero-order valence-electron chi connectivity index (χ0n) is 20.0. The van der Waals surface area contributed by atoms with Crippen LogP contribution in [-0.2, 0) is 4.79 Å². The number of nitrogens with one attached hydrogen (secondary N) is 2. The first kappa shape index (κ1) is 23.7. The van der Waals surface area contributed by atoms with Crippen LogP contribution in [-0.4, -0.2) is 29.7 Å². The van der Waals surface area contributed by atoms with Gasteiger partial charge < -0.3 is 15.4 Å². The van der Waals surface area contributed by atoms with Crippen LogP contribution in [0.1, 0.15) is 61.4 Å². The second kappa shape index (κ2) is 9.94. The highest BCUT2D eigenvalue weighted by Crippen LogP contribution is 2.55. The van der Waals surface area contributed by atoms with Gasteiger partial charge in [0.1, 0.15) is 5.75 Å². The van der Waals surface area contributed by atoms with E-state index in [2.05, 4.69) is 16.7 Å². The lowest BCUT2D eigenvalue weighted by Crippen LogP contribution is -2.60. The Labute approximate surface area is 210 Å². The molecule has 4 aliphatic carbocycles. The molecular formula is C28H31N3O3S. The molecule has 7 heteroatoms. The van der Waals surface area contributed by atoms with Crippen LogP contribution in [0.15, 0.2) is 47.4 Å². The van der Waals surface area contributed by atoms with Crippen molar-refractivity contribution >= 4 is 29.3 Å². The number of amides is 2. The Balaban J connectivity index is 1.25. The number of hydrogen-bond acceptors (Lipinski definition) is 5. The molecule has 2 N–H and O–H groups in total. The molecule has 4 saturated carbocycles. The molecule has 6 rings (SSSR count). The Morgan fingerprint density at radius 3 is 2.43 bits per heavy atom. The Morgan fingerprint density at radius 1 is 1.09 bits per heavy atom. The van der Waals surface area contributed by atoms with Gasteiger partial charge in [0.2, 0.25) is 5.91 Å². The first-order valence-corrected chi connectivity index (χ1v) is 13.5. The molecule has 0 spiro atoms. The molecule has 182 valence electrons. The van der Waals surface area contributed by atoms with Gasteiger partial charge in [0, 0.05) is 10.4 Å². The number of carbonyl (C=O) groups excluding carboxylic acids is 2. The molecule has 4 fully saturated rings. The Kier molecular flexibility index (Phi) is 6.75. The lowest BCUT2D eigenvalue weighted by molar-refractivity contribution is -0.124. The van der Waals surface area contributed by atoms with E-state index in [0.29, 0.717) is 29.2 Å². The van der Waals surface area contributed by atoms with Gasteiger partial charge in [-0.25, -0.2) is 0 Å². The predicted molar refractivity (Wildman–Crippen MR) is 136 cm³/mol. The van der Waals surface area contributed by atoms with E-state index >= 15 is 0 Å². The quantitative estimate of drug-likeness (QED) is 0.486. The summed E-state index contributed by atoms with van der Waals surface area (Å²) < 4.78 is 5.62. The average Bonchev–Trinajstić information content (AvgIpc) is 2.83. The molecule has 0 heterocycles. The summed E-state index contributed by atoms with van der Waals surface area (Å²) in [6.45, 7) is 2.31.